The average Bonchev–Trinajstić information content (AvgIpc) is 2.42. The van der Waals surface area contributed by atoms with Gasteiger partial charge in [0, 0.05) is 4.47 Å². The van der Waals surface area contributed by atoms with E-state index in [1.807, 2.05) is 0 Å². The van der Waals surface area contributed by atoms with Crippen LogP contribution in [0.5, 0.6) is 5.75 Å². The van der Waals surface area contributed by atoms with Crippen molar-refractivity contribution in [3.63, 3.8) is 0 Å². The molecule has 0 aliphatic heterocycles. The number of rotatable bonds is 5. The Kier molecular flexibility index (Phi) is 6.87. The molecule has 0 saturated carbocycles. The van der Waals surface area contributed by atoms with E-state index in [-0.39, 0.29) is 12.6 Å². The van der Waals surface area contributed by atoms with E-state index < -0.39 is 17.7 Å². The van der Waals surface area contributed by atoms with Crippen molar-refractivity contribution in [1.82, 2.24) is 5.32 Å². The Balaban J connectivity index is 2.65. The lowest BCUT2D eigenvalue weighted by Crippen LogP contribution is -2.40. The number of esters is 1. The second kappa shape index (κ2) is 8.19. The summed E-state index contributed by atoms with van der Waals surface area (Å²) < 4.78 is 16.3. The summed E-state index contributed by atoms with van der Waals surface area (Å²) in [6.07, 6.45) is -0.518. The number of carbonyl (C=O) groups is 2. The first-order valence-electron chi connectivity index (χ1n) is 7.12. The summed E-state index contributed by atoms with van der Waals surface area (Å²) in [6.45, 7) is 7.33. The normalized spacial score (nSPS) is 12.3. The van der Waals surface area contributed by atoms with Crippen LogP contribution in [0.25, 0.3) is 0 Å². The SMILES string of the molecule is COC(=O)c1ccc(Br)cc1OC[C@@H](C)NC(=O)OC(C)(C)C. The van der Waals surface area contributed by atoms with E-state index in [4.69, 9.17) is 14.2 Å². The first-order chi connectivity index (χ1) is 10.6. The third kappa shape index (κ3) is 6.90. The Morgan fingerprint density at radius 1 is 1.30 bits per heavy atom. The second-order valence-electron chi connectivity index (χ2n) is 5.99. The van der Waals surface area contributed by atoms with Gasteiger partial charge in [-0.2, -0.15) is 0 Å². The van der Waals surface area contributed by atoms with E-state index in [1.54, 1.807) is 45.9 Å². The number of nitrogens with one attached hydrogen (secondary N) is 1. The zero-order valence-corrected chi connectivity index (χ0v) is 15.5. The first-order valence-corrected chi connectivity index (χ1v) is 7.92. The van der Waals surface area contributed by atoms with Crippen molar-refractivity contribution in [2.45, 2.75) is 39.3 Å². The second-order valence-corrected chi connectivity index (χ2v) is 6.91. The number of alkyl carbamates (subject to hydrolysis) is 1. The lowest BCUT2D eigenvalue weighted by molar-refractivity contribution is 0.0489. The van der Waals surface area contributed by atoms with Gasteiger partial charge in [-0.25, -0.2) is 9.59 Å². The molecule has 0 spiro atoms. The molecule has 1 atom stereocenters. The number of halogens is 1. The van der Waals surface area contributed by atoms with Crippen LogP contribution in [0.3, 0.4) is 0 Å². The van der Waals surface area contributed by atoms with Crippen LogP contribution < -0.4 is 10.1 Å². The minimum Gasteiger partial charge on any atom is -0.491 e. The summed E-state index contributed by atoms with van der Waals surface area (Å²) in [5, 5.41) is 2.67. The Bertz CT molecular complexity index is 568. The number of hydrogen-bond acceptors (Lipinski definition) is 5. The Morgan fingerprint density at radius 3 is 2.52 bits per heavy atom. The van der Waals surface area contributed by atoms with Crippen LogP contribution in [-0.4, -0.2) is 37.4 Å². The third-order valence-corrected chi connectivity index (χ3v) is 3.09. The largest absolute Gasteiger partial charge is 0.491 e. The molecule has 7 heteroatoms. The molecule has 1 rings (SSSR count). The monoisotopic (exact) mass is 387 g/mol. The highest BCUT2D eigenvalue weighted by atomic mass is 79.9. The van der Waals surface area contributed by atoms with Gasteiger partial charge in [-0.05, 0) is 45.9 Å². The summed E-state index contributed by atoms with van der Waals surface area (Å²) in [5.74, 6) is -0.107. The van der Waals surface area contributed by atoms with Gasteiger partial charge in [0.25, 0.3) is 0 Å². The number of methoxy groups -OCH3 is 1. The van der Waals surface area contributed by atoms with Crippen molar-refractivity contribution in [2.24, 2.45) is 0 Å². The van der Waals surface area contributed by atoms with Gasteiger partial charge in [0.2, 0.25) is 0 Å². The Hall–Kier alpha value is -1.76. The van der Waals surface area contributed by atoms with E-state index in [2.05, 4.69) is 21.2 Å². The number of carbonyl (C=O) groups excluding carboxylic acids is 2. The molecule has 0 radical (unpaired) electrons. The van der Waals surface area contributed by atoms with Gasteiger partial charge in [-0.3, -0.25) is 0 Å². The molecule has 1 aromatic rings. The summed E-state index contributed by atoms with van der Waals surface area (Å²) in [7, 11) is 1.31. The fourth-order valence-electron chi connectivity index (χ4n) is 1.66. The molecule has 0 saturated heterocycles. The zero-order chi connectivity index (χ0) is 17.6. The number of benzene rings is 1. The van der Waals surface area contributed by atoms with Gasteiger partial charge in [-0.15, -0.1) is 0 Å². The van der Waals surface area contributed by atoms with E-state index in [0.717, 1.165) is 4.47 Å². The summed E-state index contributed by atoms with van der Waals surface area (Å²) in [5.41, 5.74) is -0.243. The molecule has 23 heavy (non-hydrogen) atoms. The van der Waals surface area contributed by atoms with E-state index in [0.29, 0.717) is 11.3 Å². The highest BCUT2D eigenvalue weighted by Crippen LogP contribution is 2.24. The van der Waals surface area contributed by atoms with Crippen molar-refractivity contribution in [3.05, 3.63) is 28.2 Å². The predicted molar refractivity (Wildman–Crippen MR) is 89.8 cm³/mol. The number of hydrogen-bond donors (Lipinski definition) is 1. The standard InChI is InChI=1S/C16H22BrNO5/c1-10(18-15(20)23-16(2,3)4)9-22-13-8-11(17)6-7-12(13)14(19)21-5/h6-8,10H,9H2,1-5H3,(H,18,20)/t10-/m1/s1. The third-order valence-electron chi connectivity index (χ3n) is 2.60. The van der Waals surface area contributed by atoms with Crippen LogP contribution in [0.2, 0.25) is 0 Å². The van der Waals surface area contributed by atoms with Gasteiger partial charge in [0.05, 0.1) is 13.2 Å². The summed E-state index contributed by atoms with van der Waals surface area (Å²) in [6, 6.07) is 4.71. The first kappa shape index (κ1) is 19.3. The van der Waals surface area contributed by atoms with Gasteiger partial charge in [0.15, 0.2) is 0 Å². The highest BCUT2D eigenvalue weighted by Gasteiger charge is 2.19. The molecular weight excluding hydrogens is 366 g/mol. The van der Waals surface area contributed by atoms with Crippen LogP contribution in [0.4, 0.5) is 4.79 Å². The van der Waals surface area contributed by atoms with Gasteiger partial charge in [-0.1, -0.05) is 15.9 Å². The maximum Gasteiger partial charge on any atom is 0.407 e. The molecular formula is C16H22BrNO5. The molecule has 0 heterocycles. The molecule has 6 nitrogen and oxygen atoms in total. The fourth-order valence-corrected chi connectivity index (χ4v) is 2.00. The van der Waals surface area contributed by atoms with Crippen LogP contribution >= 0.6 is 15.9 Å². The molecule has 1 amide bonds. The molecule has 0 aliphatic rings. The van der Waals surface area contributed by atoms with Gasteiger partial charge < -0.3 is 19.5 Å². The lowest BCUT2D eigenvalue weighted by Gasteiger charge is -2.22. The molecule has 0 unspecified atom stereocenters. The van der Waals surface area contributed by atoms with E-state index in [9.17, 15) is 9.59 Å². The summed E-state index contributed by atoms with van der Waals surface area (Å²) >= 11 is 3.33. The molecule has 0 aliphatic carbocycles. The van der Waals surface area contributed by atoms with Gasteiger partial charge >= 0.3 is 12.1 Å². The Labute approximate surface area is 144 Å². The number of amides is 1. The van der Waals surface area contributed by atoms with E-state index in [1.165, 1.54) is 7.11 Å². The van der Waals surface area contributed by atoms with Crippen molar-refractivity contribution in [1.29, 1.82) is 0 Å². The van der Waals surface area contributed by atoms with Crippen molar-refractivity contribution < 1.29 is 23.8 Å². The van der Waals surface area contributed by atoms with Crippen LogP contribution in [-0.2, 0) is 9.47 Å². The number of ether oxygens (including phenoxy) is 3. The van der Waals surface area contributed by atoms with Crippen molar-refractivity contribution >= 4 is 28.0 Å². The minimum absolute atomic E-state index is 0.180. The molecule has 0 fully saturated rings. The maximum atomic E-state index is 11.7. The van der Waals surface area contributed by atoms with Crippen molar-refractivity contribution in [2.75, 3.05) is 13.7 Å². The maximum absolute atomic E-state index is 11.7. The fraction of sp³-hybridized carbons (Fsp3) is 0.500. The highest BCUT2D eigenvalue weighted by molar-refractivity contribution is 9.10. The van der Waals surface area contributed by atoms with Crippen LogP contribution in [0, 0.1) is 0 Å². The zero-order valence-electron chi connectivity index (χ0n) is 13.9. The topological polar surface area (TPSA) is 73.9 Å². The molecule has 0 aromatic heterocycles. The molecule has 1 N–H and O–H groups in total. The quantitative estimate of drug-likeness (QED) is 0.782. The molecule has 1 aromatic carbocycles. The van der Waals surface area contributed by atoms with Crippen LogP contribution in [0.1, 0.15) is 38.1 Å². The molecule has 128 valence electrons. The minimum atomic E-state index is -0.562. The Morgan fingerprint density at radius 2 is 1.96 bits per heavy atom. The van der Waals surface area contributed by atoms with Gasteiger partial charge in [0.1, 0.15) is 23.5 Å². The molecule has 0 bridgehead atoms. The smallest absolute Gasteiger partial charge is 0.407 e. The average molecular weight is 388 g/mol. The van der Waals surface area contributed by atoms with Crippen molar-refractivity contribution in [3.8, 4) is 5.75 Å². The lowest BCUT2D eigenvalue weighted by atomic mass is 10.2. The van der Waals surface area contributed by atoms with Crippen LogP contribution in [0.15, 0.2) is 22.7 Å². The summed E-state index contributed by atoms with van der Waals surface area (Å²) in [4.78, 5) is 23.4. The van der Waals surface area contributed by atoms with E-state index >= 15 is 0 Å². The predicted octanol–water partition coefficient (Wildman–Crippen LogP) is 3.53.